The van der Waals surface area contributed by atoms with Gasteiger partial charge in [-0.3, -0.25) is 9.59 Å². The van der Waals surface area contributed by atoms with Crippen molar-refractivity contribution in [2.75, 3.05) is 6.54 Å². The Morgan fingerprint density at radius 1 is 1.14 bits per heavy atom. The van der Waals surface area contributed by atoms with Crippen molar-refractivity contribution in [3.05, 3.63) is 35.4 Å². The van der Waals surface area contributed by atoms with E-state index in [0.717, 1.165) is 0 Å². The molecule has 4 nitrogen and oxygen atoms in total. The quantitative estimate of drug-likeness (QED) is 0.724. The molecular weight excluding hydrogens is 299 g/mol. The standard InChI is InChI=1S/C15H18F3NO3/c16-15(17,18)9-8-11-5-1-2-6-12(11)14(22)19-10-4-3-7-13(20)21/h1-2,5-6H,3-4,7-10H2,(H,19,22)(H,20,21). The maximum atomic E-state index is 12.3. The number of carboxylic acid groups (broad SMARTS) is 1. The molecule has 1 aromatic carbocycles. The molecule has 0 radical (unpaired) electrons. The van der Waals surface area contributed by atoms with Crippen molar-refractivity contribution in [2.45, 2.75) is 38.3 Å². The number of alkyl halides is 3. The molecule has 0 aliphatic heterocycles. The molecule has 1 amide bonds. The molecule has 0 unspecified atom stereocenters. The maximum Gasteiger partial charge on any atom is 0.389 e. The van der Waals surface area contributed by atoms with Crippen LogP contribution < -0.4 is 5.32 Å². The van der Waals surface area contributed by atoms with Crippen LogP contribution in [0.25, 0.3) is 0 Å². The van der Waals surface area contributed by atoms with Crippen LogP contribution in [0, 0.1) is 0 Å². The molecule has 0 heterocycles. The lowest BCUT2D eigenvalue weighted by atomic mass is 10.0. The van der Waals surface area contributed by atoms with Crippen LogP contribution in [0.15, 0.2) is 24.3 Å². The molecule has 0 fully saturated rings. The Balaban J connectivity index is 2.52. The molecule has 1 rings (SSSR count). The minimum Gasteiger partial charge on any atom is -0.481 e. The average molecular weight is 317 g/mol. The van der Waals surface area contributed by atoms with Crippen LogP contribution in [0.2, 0.25) is 0 Å². The van der Waals surface area contributed by atoms with Gasteiger partial charge in [-0.25, -0.2) is 0 Å². The number of rotatable bonds is 8. The van der Waals surface area contributed by atoms with Crippen molar-refractivity contribution >= 4 is 11.9 Å². The fraction of sp³-hybridized carbons (Fsp3) is 0.467. The number of aryl methyl sites for hydroxylation is 1. The van der Waals surface area contributed by atoms with Gasteiger partial charge in [-0.15, -0.1) is 0 Å². The first-order valence-corrected chi connectivity index (χ1v) is 6.94. The third-order valence-corrected chi connectivity index (χ3v) is 3.04. The van der Waals surface area contributed by atoms with E-state index >= 15 is 0 Å². The Kier molecular flexibility index (Phi) is 6.88. The highest BCUT2D eigenvalue weighted by molar-refractivity contribution is 5.95. The third kappa shape index (κ3) is 7.10. The number of aliphatic carboxylic acids is 1. The van der Waals surface area contributed by atoms with Crippen LogP contribution in [-0.4, -0.2) is 29.7 Å². The van der Waals surface area contributed by atoms with E-state index in [1.54, 1.807) is 12.1 Å². The fourth-order valence-electron chi connectivity index (χ4n) is 1.93. The minimum absolute atomic E-state index is 0.0258. The Bertz CT molecular complexity index is 515. The maximum absolute atomic E-state index is 12.3. The lowest BCUT2D eigenvalue weighted by molar-refractivity contribution is -0.137. The zero-order valence-electron chi connectivity index (χ0n) is 11.9. The molecule has 2 N–H and O–H groups in total. The summed E-state index contributed by atoms with van der Waals surface area (Å²) in [5.74, 6) is -1.34. The number of unbranched alkanes of at least 4 members (excludes halogenated alkanes) is 1. The number of carbonyl (C=O) groups is 2. The summed E-state index contributed by atoms with van der Waals surface area (Å²) < 4.78 is 36.8. The van der Waals surface area contributed by atoms with E-state index in [4.69, 9.17) is 5.11 Å². The summed E-state index contributed by atoms with van der Waals surface area (Å²) in [7, 11) is 0. The smallest absolute Gasteiger partial charge is 0.389 e. The molecule has 0 aliphatic carbocycles. The lowest BCUT2D eigenvalue weighted by Crippen LogP contribution is -2.26. The number of benzene rings is 1. The summed E-state index contributed by atoms with van der Waals surface area (Å²) >= 11 is 0. The summed E-state index contributed by atoms with van der Waals surface area (Å²) in [6.07, 6.45) is -4.52. The van der Waals surface area contributed by atoms with E-state index in [0.29, 0.717) is 24.9 Å². The van der Waals surface area contributed by atoms with E-state index in [9.17, 15) is 22.8 Å². The number of amides is 1. The monoisotopic (exact) mass is 317 g/mol. The van der Waals surface area contributed by atoms with Crippen LogP contribution >= 0.6 is 0 Å². The van der Waals surface area contributed by atoms with Gasteiger partial charge in [0.2, 0.25) is 0 Å². The summed E-state index contributed by atoms with van der Waals surface area (Å²) in [5.41, 5.74) is 0.577. The fourth-order valence-corrected chi connectivity index (χ4v) is 1.93. The molecule has 0 spiro atoms. The van der Waals surface area contributed by atoms with Gasteiger partial charge in [-0.2, -0.15) is 13.2 Å². The van der Waals surface area contributed by atoms with Crippen molar-refractivity contribution in [1.82, 2.24) is 5.32 Å². The van der Waals surface area contributed by atoms with Crippen LogP contribution in [0.5, 0.6) is 0 Å². The molecule has 0 saturated heterocycles. The van der Waals surface area contributed by atoms with Gasteiger partial charge in [0.05, 0.1) is 0 Å². The predicted molar refractivity (Wildman–Crippen MR) is 74.6 cm³/mol. The van der Waals surface area contributed by atoms with Gasteiger partial charge in [0.25, 0.3) is 5.91 Å². The molecule has 0 saturated carbocycles. The number of carboxylic acids is 1. The molecule has 0 bridgehead atoms. The molecule has 0 atom stereocenters. The summed E-state index contributed by atoms with van der Waals surface area (Å²) in [6.45, 7) is 0.291. The number of hydrogen-bond donors (Lipinski definition) is 2. The number of halogens is 3. The second-order valence-corrected chi connectivity index (χ2v) is 4.88. The summed E-state index contributed by atoms with van der Waals surface area (Å²) in [5, 5.41) is 11.1. The van der Waals surface area contributed by atoms with Crippen molar-refractivity contribution < 1.29 is 27.9 Å². The Hall–Kier alpha value is -2.05. The Labute approximate surface area is 126 Å². The molecule has 0 aliphatic rings. The summed E-state index contributed by atoms with van der Waals surface area (Å²) in [4.78, 5) is 22.3. The van der Waals surface area contributed by atoms with Gasteiger partial charge in [0, 0.05) is 24.9 Å². The lowest BCUT2D eigenvalue weighted by Gasteiger charge is -2.11. The molecule has 22 heavy (non-hydrogen) atoms. The Morgan fingerprint density at radius 2 is 1.82 bits per heavy atom. The minimum atomic E-state index is -4.26. The van der Waals surface area contributed by atoms with Crippen molar-refractivity contribution in [1.29, 1.82) is 0 Å². The van der Waals surface area contributed by atoms with Gasteiger partial charge in [-0.05, 0) is 30.9 Å². The average Bonchev–Trinajstić information content (AvgIpc) is 2.43. The van der Waals surface area contributed by atoms with Gasteiger partial charge in [0.1, 0.15) is 0 Å². The first-order chi connectivity index (χ1) is 10.3. The normalized spacial score (nSPS) is 11.2. The molecular formula is C15H18F3NO3. The number of hydrogen-bond acceptors (Lipinski definition) is 2. The number of nitrogens with one attached hydrogen (secondary N) is 1. The zero-order valence-corrected chi connectivity index (χ0v) is 11.9. The predicted octanol–water partition coefficient (Wildman–Crippen LogP) is 3.17. The van der Waals surface area contributed by atoms with Gasteiger partial charge < -0.3 is 10.4 Å². The second-order valence-electron chi connectivity index (χ2n) is 4.88. The van der Waals surface area contributed by atoms with Crippen LogP contribution in [0.1, 0.15) is 41.6 Å². The molecule has 122 valence electrons. The van der Waals surface area contributed by atoms with E-state index in [1.165, 1.54) is 12.1 Å². The van der Waals surface area contributed by atoms with Crippen LogP contribution in [0.4, 0.5) is 13.2 Å². The molecule has 7 heteroatoms. The van der Waals surface area contributed by atoms with Gasteiger partial charge in [-0.1, -0.05) is 18.2 Å². The number of carbonyl (C=O) groups excluding carboxylic acids is 1. The van der Waals surface area contributed by atoms with Crippen molar-refractivity contribution in [3.8, 4) is 0 Å². The van der Waals surface area contributed by atoms with E-state index < -0.39 is 24.5 Å². The summed E-state index contributed by atoms with van der Waals surface area (Å²) in [6, 6.07) is 6.18. The Morgan fingerprint density at radius 3 is 2.45 bits per heavy atom. The van der Waals surface area contributed by atoms with Crippen molar-refractivity contribution in [2.24, 2.45) is 0 Å². The highest BCUT2D eigenvalue weighted by Gasteiger charge is 2.27. The highest BCUT2D eigenvalue weighted by Crippen LogP contribution is 2.23. The molecule has 0 aromatic heterocycles. The first-order valence-electron chi connectivity index (χ1n) is 6.94. The van der Waals surface area contributed by atoms with Crippen LogP contribution in [0.3, 0.4) is 0 Å². The largest absolute Gasteiger partial charge is 0.481 e. The zero-order chi connectivity index (χ0) is 16.6. The van der Waals surface area contributed by atoms with Crippen LogP contribution in [-0.2, 0) is 11.2 Å². The second kappa shape index (κ2) is 8.41. The SMILES string of the molecule is O=C(O)CCCCNC(=O)c1ccccc1CCC(F)(F)F. The van der Waals surface area contributed by atoms with Gasteiger partial charge >= 0.3 is 12.1 Å². The van der Waals surface area contributed by atoms with Gasteiger partial charge in [0.15, 0.2) is 0 Å². The van der Waals surface area contributed by atoms with Crippen molar-refractivity contribution in [3.63, 3.8) is 0 Å². The first kappa shape index (κ1) is 18.0. The molecule has 1 aromatic rings. The van der Waals surface area contributed by atoms with E-state index in [-0.39, 0.29) is 18.4 Å². The van der Waals surface area contributed by atoms with E-state index in [2.05, 4.69) is 5.32 Å². The third-order valence-electron chi connectivity index (χ3n) is 3.04. The highest BCUT2D eigenvalue weighted by atomic mass is 19.4. The topological polar surface area (TPSA) is 66.4 Å². The van der Waals surface area contributed by atoms with E-state index in [1.807, 2.05) is 0 Å².